The fourth-order valence-electron chi connectivity index (χ4n) is 2.86. The molecule has 9 heteroatoms. The number of hydrogen-bond donors (Lipinski definition) is 0. The minimum atomic E-state index is -0.784. The van der Waals surface area contributed by atoms with Gasteiger partial charge in [0.15, 0.2) is 5.58 Å². The van der Waals surface area contributed by atoms with Crippen LogP contribution in [0.25, 0.3) is 11.2 Å². The Morgan fingerprint density at radius 1 is 1.23 bits per heavy atom. The molecule has 0 spiro atoms. The number of hydrogen-bond acceptors (Lipinski definition) is 6. The summed E-state index contributed by atoms with van der Waals surface area (Å²) in [5, 5.41) is -0.163. The lowest BCUT2D eigenvalue weighted by molar-refractivity contribution is 0.0744. The summed E-state index contributed by atoms with van der Waals surface area (Å²) in [6.07, 6.45) is 1.20. The number of halogens is 2. The van der Waals surface area contributed by atoms with Crippen LogP contribution in [0.15, 0.2) is 28.8 Å². The predicted molar refractivity (Wildman–Crippen MR) is 93.9 cm³/mol. The summed E-state index contributed by atoms with van der Waals surface area (Å²) >= 11 is 5.71. The van der Waals surface area contributed by atoms with Gasteiger partial charge in [-0.2, -0.15) is 9.37 Å². The first kappa shape index (κ1) is 16.7. The Morgan fingerprint density at radius 2 is 2.00 bits per heavy atom. The van der Waals surface area contributed by atoms with Gasteiger partial charge in [0.1, 0.15) is 0 Å². The molecule has 134 valence electrons. The zero-order valence-corrected chi connectivity index (χ0v) is 14.7. The van der Waals surface area contributed by atoms with Crippen molar-refractivity contribution in [1.29, 1.82) is 0 Å². The Balaban J connectivity index is 1.46. The van der Waals surface area contributed by atoms with E-state index in [-0.39, 0.29) is 16.5 Å². The van der Waals surface area contributed by atoms with Gasteiger partial charge in [0.25, 0.3) is 11.9 Å². The number of piperazine rings is 1. The lowest BCUT2D eigenvalue weighted by Gasteiger charge is -2.33. The Morgan fingerprint density at radius 3 is 2.73 bits per heavy atom. The van der Waals surface area contributed by atoms with Crippen molar-refractivity contribution in [2.24, 2.45) is 0 Å². The fraction of sp³-hybridized carbons (Fsp3) is 0.294. The van der Waals surface area contributed by atoms with Crippen LogP contribution in [0.3, 0.4) is 0 Å². The van der Waals surface area contributed by atoms with Crippen LogP contribution in [0.4, 0.5) is 10.4 Å². The second-order valence-electron chi connectivity index (χ2n) is 6.05. The minimum absolute atomic E-state index is 0.163. The van der Waals surface area contributed by atoms with Crippen molar-refractivity contribution in [1.82, 2.24) is 19.9 Å². The standard InChI is InChI=1S/C17H15ClFN5O2/c1-10-2-3-13-15(21-10)22-17(26-13)24-6-4-23(5-7-24)16(25)11-8-12(18)14(19)20-9-11/h2-3,8-9H,4-7H2,1H3. The number of carbonyl (C=O) groups is 1. The van der Waals surface area contributed by atoms with Crippen LogP contribution in [0.1, 0.15) is 16.1 Å². The Labute approximate surface area is 153 Å². The second kappa shape index (κ2) is 6.53. The van der Waals surface area contributed by atoms with Gasteiger partial charge in [-0.25, -0.2) is 9.97 Å². The number of aryl methyl sites for hydroxylation is 1. The van der Waals surface area contributed by atoms with E-state index in [9.17, 15) is 9.18 Å². The zero-order valence-electron chi connectivity index (χ0n) is 13.9. The average Bonchev–Trinajstić information content (AvgIpc) is 3.06. The molecule has 4 heterocycles. The number of amides is 1. The number of fused-ring (bicyclic) bond motifs is 1. The van der Waals surface area contributed by atoms with Crippen molar-refractivity contribution < 1.29 is 13.6 Å². The molecule has 1 aliphatic heterocycles. The molecule has 0 unspecified atom stereocenters. The van der Waals surface area contributed by atoms with E-state index < -0.39 is 5.95 Å². The highest BCUT2D eigenvalue weighted by Crippen LogP contribution is 2.22. The van der Waals surface area contributed by atoms with Gasteiger partial charge in [0, 0.05) is 38.1 Å². The maximum atomic E-state index is 13.2. The molecule has 3 aromatic heterocycles. The number of carbonyl (C=O) groups excluding carboxylic acids is 1. The Hall–Kier alpha value is -2.74. The number of rotatable bonds is 2. The van der Waals surface area contributed by atoms with E-state index in [4.69, 9.17) is 16.0 Å². The van der Waals surface area contributed by atoms with Crippen molar-refractivity contribution in [3.8, 4) is 0 Å². The van der Waals surface area contributed by atoms with Gasteiger partial charge < -0.3 is 14.2 Å². The number of oxazole rings is 1. The van der Waals surface area contributed by atoms with Crippen molar-refractivity contribution in [2.75, 3.05) is 31.1 Å². The van der Waals surface area contributed by atoms with Gasteiger partial charge in [-0.3, -0.25) is 4.79 Å². The molecule has 0 bridgehead atoms. The molecule has 1 saturated heterocycles. The van der Waals surface area contributed by atoms with Crippen LogP contribution in [0, 0.1) is 12.9 Å². The number of aromatic nitrogens is 3. The van der Waals surface area contributed by atoms with Gasteiger partial charge in [0.05, 0.1) is 10.6 Å². The van der Waals surface area contributed by atoms with Crippen molar-refractivity contribution in [2.45, 2.75) is 6.92 Å². The quantitative estimate of drug-likeness (QED) is 0.641. The molecule has 1 fully saturated rings. The summed E-state index contributed by atoms with van der Waals surface area (Å²) in [4.78, 5) is 28.4. The van der Waals surface area contributed by atoms with E-state index in [0.29, 0.717) is 43.4 Å². The average molecular weight is 376 g/mol. The predicted octanol–water partition coefficient (Wildman–Crippen LogP) is 2.68. The largest absolute Gasteiger partial charge is 0.422 e. The summed E-state index contributed by atoms with van der Waals surface area (Å²) in [6.45, 7) is 4.01. The zero-order chi connectivity index (χ0) is 18.3. The smallest absolute Gasteiger partial charge is 0.300 e. The Kier molecular flexibility index (Phi) is 4.20. The lowest BCUT2D eigenvalue weighted by atomic mass is 10.2. The first-order valence-corrected chi connectivity index (χ1v) is 8.48. The molecule has 0 aromatic carbocycles. The van der Waals surface area contributed by atoms with Gasteiger partial charge in [-0.15, -0.1) is 0 Å². The molecule has 0 aliphatic carbocycles. The van der Waals surface area contributed by atoms with Gasteiger partial charge in [-0.05, 0) is 25.1 Å². The van der Waals surface area contributed by atoms with Gasteiger partial charge in [0.2, 0.25) is 11.6 Å². The topological polar surface area (TPSA) is 75.4 Å². The second-order valence-corrected chi connectivity index (χ2v) is 6.45. The van der Waals surface area contributed by atoms with Crippen LogP contribution in [0.2, 0.25) is 5.02 Å². The first-order valence-electron chi connectivity index (χ1n) is 8.11. The van der Waals surface area contributed by atoms with Crippen molar-refractivity contribution in [3.05, 3.63) is 46.6 Å². The van der Waals surface area contributed by atoms with Crippen LogP contribution in [-0.4, -0.2) is 51.9 Å². The van der Waals surface area contributed by atoms with E-state index in [2.05, 4.69) is 15.0 Å². The highest BCUT2D eigenvalue weighted by molar-refractivity contribution is 6.30. The summed E-state index contributed by atoms with van der Waals surface area (Å²) in [5.74, 6) is -1.01. The van der Waals surface area contributed by atoms with Gasteiger partial charge in [-0.1, -0.05) is 11.6 Å². The van der Waals surface area contributed by atoms with Crippen LogP contribution in [0.5, 0.6) is 0 Å². The summed E-state index contributed by atoms with van der Waals surface area (Å²) in [6, 6.07) is 5.51. The fourth-order valence-corrected chi connectivity index (χ4v) is 3.02. The maximum Gasteiger partial charge on any atom is 0.300 e. The van der Waals surface area contributed by atoms with E-state index >= 15 is 0 Å². The SMILES string of the molecule is Cc1ccc2oc(N3CCN(C(=O)c4cnc(F)c(Cl)c4)CC3)nc2n1. The number of nitrogens with zero attached hydrogens (tertiary/aromatic N) is 5. The molecule has 26 heavy (non-hydrogen) atoms. The third-order valence-corrected chi connectivity index (χ3v) is 4.53. The first-order chi connectivity index (χ1) is 12.5. The third-order valence-electron chi connectivity index (χ3n) is 4.26. The van der Waals surface area contributed by atoms with Crippen LogP contribution >= 0.6 is 11.6 Å². The Bertz CT molecular complexity index is 984. The molecule has 0 saturated carbocycles. The third kappa shape index (κ3) is 3.08. The van der Waals surface area contributed by atoms with Crippen molar-refractivity contribution >= 4 is 34.8 Å². The summed E-state index contributed by atoms with van der Waals surface area (Å²) < 4.78 is 18.9. The lowest BCUT2D eigenvalue weighted by Crippen LogP contribution is -2.49. The minimum Gasteiger partial charge on any atom is -0.422 e. The monoisotopic (exact) mass is 375 g/mol. The molecule has 1 aliphatic rings. The number of anilines is 1. The van der Waals surface area contributed by atoms with Crippen molar-refractivity contribution in [3.63, 3.8) is 0 Å². The molecule has 0 radical (unpaired) electrons. The van der Waals surface area contributed by atoms with E-state index in [1.165, 1.54) is 12.3 Å². The summed E-state index contributed by atoms with van der Waals surface area (Å²) in [7, 11) is 0. The highest BCUT2D eigenvalue weighted by atomic mass is 35.5. The molecule has 1 amide bonds. The molecular weight excluding hydrogens is 361 g/mol. The highest BCUT2D eigenvalue weighted by Gasteiger charge is 2.25. The van der Waals surface area contributed by atoms with Crippen LogP contribution < -0.4 is 4.90 Å². The van der Waals surface area contributed by atoms with E-state index in [1.54, 1.807) is 4.90 Å². The molecular formula is C17H15ClFN5O2. The molecule has 0 N–H and O–H groups in total. The summed E-state index contributed by atoms with van der Waals surface area (Å²) in [5.41, 5.74) is 2.35. The van der Waals surface area contributed by atoms with Gasteiger partial charge >= 0.3 is 0 Å². The maximum absolute atomic E-state index is 13.2. The number of pyridine rings is 2. The normalized spacial score (nSPS) is 14.9. The molecule has 3 aromatic rings. The van der Waals surface area contributed by atoms with E-state index in [1.807, 2.05) is 24.0 Å². The molecule has 4 rings (SSSR count). The van der Waals surface area contributed by atoms with E-state index in [0.717, 1.165) is 5.69 Å². The molecule has 7 nitrogen and oxygen atoms in total. The van der Waals surface area contributed by atoms with Crippen LogP contribution in [-0.2, 0) is 0 Å². The molecule has 0 atom stereocenters.